The van der Waals surface area contributed by atoms with E-state index in [0.29, 0.717) is 23.9 Å². The van der Waals surface area contributed by atoms with Crippen LogP contribution in [0.1, 0.15) is 5.56 Å². The third-order valence-electron chi connectivity index (χ3n) is 2.75. The Morgan fingerprint density at radius 1 is 1.32 bits per heavy atom. The van der Waals surface area contributed by atoms with Crippen LogP contribution in [0.5, 0.6) is 5.88 Å². The Hall–Kier alpha value is -1.82. The molecule has 2 aromatic rings. The highest BCUT2D eigenvalue weighted by Gasteiger charge is 2.13. The normalized spacial score (nSPS) is 10.3. The van der Waals surface area contributed by atoms with Gasteiger partial charge in [-0.15, -0.1) is 0 Å². The van der Waals surface area contributed by atoms with Crippen molar-refractivity contribution in [1.29, 1.82) is 0 Å². The molecular formula is C13H15BrN4O. The standard InChI is InChI=1S/C13H15BrN4O/c1-18(7-9-5-3-4-6-10(9)14)12-11(15)13(19-2)17-8-16-12/h3-6,8H,7,15H2,1-2H3. The molecule has 0 radical (unpaired) electrons. The fourth-order valence-corrected chi connectivity index (χ4v) is 2.20. The van der Waals surface area contributed by atoms with Crippen molar-refractivity contribution in [3.8, 4) is 5.88 Å². The number of aromatic nitrogens is 2. The van der Waals surface area contributed by atoms with Gasteiger partial charge in [0.2, 0.25) is 5.88 Å². The molecule has 5 nitrogen and oxygen atoms in total. The minimum Gasteiger partial charge on any atom is -0.479 e. The van der Waals surface area contributed by atoms with Crippen LogP contribution in [0.4, 0.5) is 11.5 Å². The molecule has 0 aliphatic carbocycles. The minimum atomic E-state index is 0.393. The van der Waals surface area contributed by atoms with Crippen molar-refractivity contribution in [1.82, 2.24) is 9.97 Å². The number of hydrogen-bond donors (Lipinski definition) is 1. The summed E-state index contributed by atoms with van der Waals surface area (Å²) in [6.45, 7) is 0.686. The molecule has 2 N–H and O–H groups in total. The Balaban J connectivity index is 2.26. The number of halogens is 1. The highest BCUT2D eigenvalue weighted by molar-refractivity contribution is 9.10. The van der Waals surface area contributed by atoms with Crippen molar-refractivity contribution in [2.45, 2.75) is 6.54 Å². The summed E-state index contributed by atoms with van der Waals surface area (Å²) in [5.41, 5.74) is 7.58. The Bertz CT molecular complexity index is 576. The number of nitrogens with zero attached hydrogens (tertiary/aromatic N) is 3. The van der Waals surface area contributed by atoms with Crippen LogP contribution < -0.4 is 15.4 Å². The van der Waals surface area contributed by atoms with Gasteiger partial charge in [0.05, 0.1) is 7.11 Å². The lowest BCUT2D eigenvalue weighted by atomic mass is 10.2. The number of nitrogens with two attached hydrogens (primary N) is 1. The highest BCUT2D eigenvalue weighted by Crippen LogP contribution is 2.28. The van der Waals surface area contributed by atoms with E-state index in [2.05, 4.69) is 32.0 Å². The zero-order valence-corrected chi connectivity index (χ0v) is 12.4. The van der Waals surface area contributed by atoms with Gasteiger partial charge in [-0.3, -0.25) is 0 Å². The maximum Gasteiger partial charge on any atom is 0.242 e. The third kappa shape index (κ3) is 2.96. The van der Waals surface area contributed by atoms with Crippen molar-refractivity contribution < 1.29 is 4.74 Å². The molecule has 0 spiro atoms. The first kappa shape index (κ1) is 13.6. The summed E-state index contributed by atoms with van der Waals surface area (Å²) in [4.78, 5) is 10.1. The van der Waals surface area contributed by atoms with E-state index in [1.165, 1.54) is 13.4 Å². The van der Waals surface area contributed by atoms with Gasteiger partial charge >= 0.3 is 0 Å². The van der Waals surface area contributed by atoms with Gasteiger partial charge in [0, 0.05) is 18.1 Å². The average Bonchev–Trinajstić information content (AvgIpc) is 2.41. The molecule has 1 aromatic heterocycles. The minimum absolute atomic E-state index is 0.393. The second-order valence-electron chi connectivity index (χ2n) is 4.07. The number of anilines is 2. The second-order valence-corrected chi connectivity index (χ2v) is 4.92. The third-order valence-corrected chi connectivity index (χ3v) is 3.52. The Morgan fingerprint density at radius 2 is 2.05 bits per heavy atom. The van der Waals surface area contributed by atoms with Crippen molar-refractivity contribution >= 4 is 27.4 Å². The quantitative estimate of drug-likeness (QED) is 0.936. The summed E-state index contributed by atoms with van der Waals surface area (Å²) in [5, 5.41) is 0. The molecule has 6 heteroatoms. The van der Waals surface area contributed by atoms with E-state index < -0.39 is 0 Å². The first-order chi connectivity index (χ1) is 9.13. The van der Waals surface area contributed by atoms with Crippen molar-refractivity contribution in [2.75, 3.05) is 24.8 Å². The van der Waals surface area contributed by atoms with E-state index in [4.69, 9.17) is 10.5 Å². The number of benzene rings is 1. The summed E-state index contributed by atoms with van der Waals surface area (Å²) in [7, 11) is 3.47. The molecule has 0 saturated carbocycles. The number of methoxy groups -OCH3 is 1. The number of ether oxygens (including phenoxy) is 1. The maximum atomic E-state index is 5.98. The highest BCUT2D eigenvalue weighted by atomic mass is 79.9. The lowest BCUT2D eigenvalue weighted by Crippen LogP contribution is -2.20. The molecule has 0 atom stereocenters. The molecule has 0 amide bonds. The van der Waals surface area contributed by atoms with Gasteiger partial charge in [-0.25, -0.2) is 4.98 Å². The number of nitrogen functional groups attached to an aromatic ring is 1. The van der Waals surface area contributed by atoms with E-state index >= 15 is 0 Å². The van der Waals surface area contributed by atoms with Gasteiger partial charge in [0.25, 0.3) is 0 Å². The number of hydrogen-bond acceptors (Lipinski definition) is 5. The topological polar surface area (TPSA) is 64.3 Å². The van der Waals surface area contributed by atoms with Crippen LogP contribution in [0, 0.1) is 0 Å². The molecule has 19 heavy (non-hydrogen) atoms. The zero-order chi connectivity index (χ0) is 13.8. The zero-order valence-electron chi connectivity index (χ0n) is 10.8. The van der Waals surface area contributed by atoms with Gasteiger partial charge in [-0.2, -0.15) is 4.98 Å². The number of rotatable bonds is 4. The maximum absolute atomic E-state index is 5.98. The van der Waals surface area contributed by atoms with Gasteiger partial charge in [0.15, 0.2) is 5.82 Å². The summed E-state index contributed by atoms with van der Waals surface area (Å²) < 4.78 is 6.15. The van der Waals surface area contributed by atoms with Crippen molar-refractivity contribution in [2.24, 2.45) is 0 Å². The van der Waals surface area contributed by atoms with Crippen LogP contribution in [0.15, 0.2) is 35.1 Å². The largest absolute Gasteiger partial charge is 0.479 e. The van der Waals surface area contributed by atoms with E-state index in [1.807, 2.05) is 30.1 Å². The summed E-state index contributed by atoms with van der Waals surface area (Å²) in [5.74, 6) is 1.05. The molecule has 2 rings (SSSR count). The van der Waals surface area contributed by atoms with Crippen LogP contribution in [0.25, 0.3) is 0 Å². The van der Waals surface area contributed by atoms with Crippen LogP contribution in [0.3, 0.4) is 0 Å². The van der Waals surface area contributed by atoms with Crippen LogP contribution >= 0.6 is 15.9 Å². The predicted molar refractivity (Wildman–Crippen MR) is 79.2 cm³/mol. The van der Waals surface area contributed by atoms with Gasteiger partial charge < -0.3 is 15.4 Å². The average molecular weight is 323 g/mol. The smallest absolute Gasteiger partial charge is 0.242 e. The lowest BCUT2D eigenvalue weighted by molar-refractivity contribution is 0.399. The molecule has 0 aliphatic heterocycles. The molecule has 100 valence electrons. The fourth-order valence-electron chi connectivity index (χ4n) is 1.79. The van der Waals surface area contributed by atoms with Crippen LogP contribution in [-0.4, -0.2) is 24.1 Å². The van der Waals surface area contributed by atoms with E-state index in [1.54, 1.807) is 0 Å². The molecule has 0 bridgehead atoms. The molecule has 0 fully saturated rings. The SMILES string of the molecule is COc1ncnc(N(C)Cc2ccccc2Br)c1N. The van der Waals surface area contributed by atoms with E-state index in [-0.39, 0.29) is 0 Å². The van der Waals surface area contributed by atoms with Crippen LogP contribution in [0.2, 0.25) is 0 Å². The van der Waals surface area contributed by atoms with Gasteiger partial charge in [0.1, 0.15) is 12.0 Å². The first-order valence-corrected chi connectivity index (χ1v) is 6.51. The molecular weight excluding hydrogens is 308 g/mol. The van der Waals surface area contributed by atoms with Crippen molar-refractivity contribution in [3.63, 3.8) is 0 Å². The summed E-state index contributed by atoms with van der Waals surface area (Å²) in [6, 6.07) is 8.04. The predicted octanol–water partition coefficient (Wildman–Crippen LogP) is 2.47. The van der Waals surface area contributed by atoms with E-state index in [0.717, 1.165) is 10.0 Å². The lowest BCUT2D eigenvalue weighted by Gasteiger charge is -2.20. The molecule has 1 heterocycles. The van der Waals surface area contributed by atoms with Gasteiger partial charge in [-0.05, 0) is 11.6 Å². The molecule has 0 unspecified atom stereocenters. The Morgan fingerprint density at radius 3 is 2.74 bits per heavy atom. The molecule has 1 aromatic carbocycles. The monoisotopic (exact) mass is 322 g/mol. The molecule has 0 saturated heterocycles. The van der Waals surface area contributed by atoms with Gasteiger partial charge in [-0.1, -0.05) is 34.1 Å². The van der Waals surface area contributed by atoms with E-state index in [9.17, 15) is 0 Å². The first-order valence-electron chi connectivity index (χ1n) is 5.72. The second kappa shape index (κ2) is 5.88. The summed E-state index contributed by atoms with van der Waals surface area (Å²) in [6.07, 6.45) is 1.45. The fraction of sp³-hybridized carbons (Fsp3) is 0.231. The Kier molecular flexibility index (Phi) is 4.21. The summed E-state index contributed by atoms with van der Waals surface area (Å²) >= 11 is 3.53. The molecule has 0 aliphatic rings. The van der Waals surface area contributed by atoms with Crippen molar-refractivity contribution in [3.05, 3.63) is 40.6 Å². The Labute approximate surface area is 120 Å². The van der Waals surface area contributed by atoms with Crippen LogP contribution in [-0.2, 0) is 6.54 Å².